The molecule has 1 N–H and O–H groups in total. The maximum absolute atomic E-state index is 6.14. The molecule has 0 amide bonds. The lowest BCUT2D eigenvalue weighted by atomic mass is 10.1. The van der Waals surface area contributed by atoms with Crippen molar-refractivity contribution < 1.29 is 4.42 Å². The molecule has 0 saturated carbocycles. The second-order valence-electron chi connectivity index (χ2n) is 5.94. The van der Waals surface area contributed by atoms with Gasteiger partial charge in [-0.2, -0.15) is 0 Å². The van der Waals surface area contributed by atoms with Gasteiger partial charge in [0.2, 0.25) is 0 Å². The Morgan fingerprint density at radius 2 is 1.69 bits per heavy atom. The van der Waals surface area contributed by atoms with E-state index in [9.17, 15) is 0 Å². The summed E-state index contributed by atoms with van der Waals surface area (Å²) < 4.78 is 6.14. The van der Waals surface area contributed by atoms with Crippen molar-refractivity contribution in [3.8, 4) is 0 Å². The van der Waals surface area contributed by atoms with E-state index in [0.29, 0.717) is 0 Å². The van der Waals surface area contributed by atoms with Crippen LogP contribution in [-0.2, 0) is 0 Å². The summed E-state index contributed by atoms with van der Waals surface area (Å²) >= 11 is 1.59. The third kappa shape index (κ3) is 2.66. The number of benzene rings is 2. The molecule has 0 unspecified atom stereocenters. The van der Waals surface area contributed by atoms with Gasteiger partial charge in [0.05, 0.1) is 10.7 Å². The highest BCUT2D eigenvalue weighted by atomic mass is 32.2. The van der Waals surface area contributed by atoms with E-state index in [1.165, 1.54) is 0 Å². The molecule has 1 atom stereocenters. The summed E-state index contributed by atoms with van der Waals surface area (Å²) in [6.45, 7) is 0. The number of para-hydroxylation sites is 1. The number of hydrogen-bond acceptors (Lipinski definition) is 5. The second-order valence-corrected chi connectivity index (χ2v) is 7.04. The first-order chi connectivity index (χ1) is 12.9. The highest BCUT2D eigenvalue weighted by Gasteiger charge is 2.29. The Morgan fingerprint density at radius 1 is 0.885 bits per heavy atom. The van der Waals surface area contributed by atoms with Crippen LogP contribution in [-0.4, -0.2) is 10.8 Å². The van der Waals surface area contributed by atoms with Crippen LogP contribution in [0.25, 0.3) is 11.0 Å². The molecule has 1 aliphatic rings. The standard InChI is InChI=1S/C21H15N3OS/c1-2-8-14(9-3-1)20-23-18-15-10-4-5-11-16(15)25-19(18)21(24-20)26-17-12-6-7-13-22-17/h1-13,21H,(H,23,24)/t21-/m1/s1. The van der Waals surface area contributed by atoms with Gasteiger partial charge in [0.25, 0.3) is 0 Å². The number of pyridine rings is 1. The van der Waals surface area contributed by atoms with Crippen LogP contribution in [0.2, 0.25) is 0 Å². The van der Waals surface area contributed by atoms with E-state index in [1.807, 2.05) is 54.6 Å². The summed E-state index contributed by atoms with van der Waals surface area (Å²) in [6.07, 6.45) is 1.80. The molecule has 3 heterocycles. The first-order valence-corrected chi connectivity index (χ1v) is 9.26. The van der Waals surface area contributed by atoms with Crippen molar-refractivity contribution in [2.45, 2.75) is 10.4 Å². The van der Waals surface area contributed by atoms with Crippen LogP contribution in [0.1, 0.15) is 16.7 Å². The van der Waals surface area contributed by atoms with Crippen LogP contribution >= 0.6 is 11.8 Å². The number of nitrogens with one attached hydrogen (secondary N) is 1. The average Bonchev–Trinajstić information content (AvgIpc) is 3.09. The van der Waals surface area contributed by atoms with Crippen molar-refractivity contribution in [1.29, 1.82) is 0 Å². The number of hydrogen-bond donors (Lipinski definition) is 1. The van der Waals surface area contributed by atoms with E-state index >= 15 is 0 Å². The van der Waals surface area contributed by atoms with E-state index in [0.717, 1.165) is 38.8 Å². The monoisotopic (exact) mass is 357 g/mol. The number of aromatic nitrogens is 1. The molecular weight excluding hydrogens is 342 g/mol. The molecule has 4 nitrogen and oxygen atoms in total. The third-order valence-electron chi connectivity index (χ3n) is 4.25. The molecule has 26 heavy (non-hydrogen) atoms. The molecule has 0 radical (unpaired) electrons. The van der Waals surface area contributed by atoms with Crippen molar-refractivity contribution in [2.24, 2.45) is 4.99 Å². The van der Waals surface area contributed by atoms with Gasteiger partial charge in [-0.1, -0.05) is 60.3 Å². The number of rotatable bonds is 3. The van der Waals surface area contributed by atoms with E-state index in [2.05, 4.69) is 28.5 Å². The quantitative estimate of drug-likeness (QED) is 0.527. The van der Waals surface area contributed by atoms with Gasteiger partial charge in [-0.15, -0.1) is 0 Å². The zero-order valence-electron chi connectivity index (χ0n) is 13.8. The van der Waals surface area contributed by atoms with Crippen molar-refractivity contribution >= 4 is 34.3 Å². The number of nitrogens with zero attached hydrogens (tertiary/aromatic N) is 2. The Morgan fingerprint density at radius 3 is 2.54 bits per heavy atom. The molecule has 126 valence electrons. The molecule has 0 bridgehead atoms. The molecule has 0 fully saturated rings. The average molecular weight is 357 g/mol. The molecule has 5 heteroatoms. The summed E-state index contributed by atoms with van der Waals surface area (Å²) in [7, 11) is 0. The molecular formula is C21H15N3OS. The number of thioether (sulfide) groups is 1. The molecule has 5 rings (SSSR count). The molecule has 0 saturated heterocycles. The Labute approximate surface area is 155 Å². The third-order valence-corrected chi connectivity index (χ3v) is 5.28. The van der Waals surface area contributed by atoms with E-state index in [-0.39, 0.29) is 5.37 Å². The highest BCUT2D eigenvalue weighted by molar-refractivity contribution is 7.99. The lowest BCUT2D eigenvalue weighted by molar-refractivity contribution is 0.548. The predicted octanol–water partition coefficient (Wildman–Crippen LogP) is 5.49. The molecule has 1 aliphatic heterocycles. The van der Waals surface area contributed by atoms with Gasteiger partial charge >= 0.3 is 0 Å². The van der Waals surface area contributed by atoms with E-state index < -0.39 is 0 Å². The maximum atomic E-state index is 6.14. The molecule has 4 aromatic rings. The lowest BCUT2D eigenvalue weighted by Gasteiger charge is -2.21. The van der Waals surface area contributed by atoms with Gasteiger partial charge in [-0.05, 0) is 24.3 Å². The second kappa shape index (κ2) is 6.35. The van der Waals surface area contributed by atoms with Crippen molar-refractivity contribution in [1.82, 2.24) is 4.98 Å². The van der Waals surface area contributed by atoms with Gasteiger partial charge in [0, 0.05) is 17.1 Å². The van der Waals surface area contributed by atoms with E-state index in [1.54, 1.807) is 18.0 Å². The van der Waals surface area contributed by atoms with E-state index in [4.69, 9.17) is 9.41 Å². The molecule has 2 aromatic carbocycles. The Hall–Kier alpha value is -3.05. The van der Waals surface area contributed by atoms with Crippen LogP contribution in [0.3, 0.4) is 0 Å². The number of furan rings is 1. The molecule has 2 aromatic heterocycles. The fourth-order valence-corrected chi connectivity index (χ4v) is 3.99. The topological polar surface area (TPSA) is 50.4 Å². The highest BCUT2D eigenvalue weighted by Crippen LogP contribution is 2.46. The zero-order chi connectivity index (χ0) is 17.3. The number of anilines is 1. The van der Waals surface area contributed by atoms with Crippen molar-refractivity contribution in [3.63, 3.8) is 0 Å². The minimum Gasteiger partial charge on any atom is -0.456 e. The summed E-state index contributed by atoms with van der Waals surface area (Å²) in [5.41, 5.74) is 2.90. The van der Waals surface area contributed by atoms with Crippen LogP contribution in [0.4, 0.5) is 5.69 Å². The molecule has 0 spiro atoms. The lowest BCUT2D eigenvalue weighted by Crippen LogP contribution is -2.19. The largest absolute Gasteiger partial charge is 0.456 e. The predicted molar refractivity (Wildman–Crippen MR) is 106 cm³/mol. The fraction of sp³-hybridized carbons (Fsp3) is 0.0476. The van der Waals surface area contributed by atoms with Crippen LogP contribution < -0.4 is 5.32 Å². The smallest absolute Gasteiger partial charge is 0.163 e. The zero-order valence-corrected chi connectivity index (χ0v) is 14.6. The first-order valence-electron chi connectivity index (χ1n) is 8.38. The van der Waals surface area contributed by atoms with Gasteiger partial charge in [0.1, 0.15) is 11.4 Å². The van der Waals surface area contributed by atoms with Gasteiger partial charge in [0.15, 0.2) is 11.1 Å². The van der Waals surface area contributed by atoms with Gasteiger partial charge < -0.3 is 9.73 Å². The Bertz CT molecular complexity index is 1090. The Kier molecular flexibility index (Phi) is 3.72. The summed E-state index contributed by atoms with van der Waals surface area (Å²) in [4.78, 5) is 9.35. The number of fused-ring (bicyclic) bond motifs is 3. The van der Waals surface area contributed by atoms with Crippen molar-refractivity contribution in [3.05, 3.63) is 90.3 Å². The summed E-state index contributed by atoms with van der Waals surface area (Å²) in [6, 6.07) is 24.1. The number of aliphatic imine (C=N–C) groups is 1. The maximum Gasteiger partial charge on any atom is 0.163 e. The summed E-state index contributed by atoms with van der Waals surface area (Å²) in [5.74, 6) is 1.68. The minimum absolute atomic E-state index is 0.191. The van der Waals surface area contributed by atoms with Crippen LogP contribution in [0.15, 0.2) is 93.4 Å². The number of amidine groups is 1. The normalized spacial score (nSPS) is 16.0. The van der Waals surface area contributed by atoms with Crippen molar-refractivity contribution in [2.75, 3.05) is 5.32 Å². The first kappa shape index (κ1) is 15.2. The fourth-order valence-electron chi connectivity index (χ4n) is 3.05. The van der Waals surface area contributed by atoms with Crippen LogP contribution in [0.5, 0.6) is 0 Å². The van der Waals surface area contributed by atoms with Crippen LogP contribution in [0, 0.1) is 0 Å². The van der Waals surface area contributed by atoms with Gasteiger partial charge in [-0.25, -0.2) is 9.98 Å². The van der Waals surface area contributed by atoms with Gasteiger partial charge in [-0.3, -0.25) is 0 Å². The molecule has 0 aliphatic carbocycles. The SMILES string of the molecule is c1ccc(C2=N[C@H](Sc3ccccn3)c3oc4ccccc4c3N2)cc1. The Balaban J connectivity index is 1.64. The minimum atomic E-state index is -0.191. The summed E-state index contributed by atoms with van der Waals surface area (Å²) in [5, 5.41) is 5.27.